The molecule has 0 spiro atoms. The van der Waals surface area contributed by atoms with Crippen molar-refractivity contribution in [3.63, 3.8) is 0 Å². The third-order valence-electron chi connectivity index (χ3n) is 3.46. The molecule has 0 saturated heterocycles. The van der Waals surface area contributed by atoms with Gasteiger partial charge in [-0.3, -0.25) is 0 Å². The van der Waals surface area contributed by atoms with Crippen LogP contribution >= 0.6 is 11.6 Å². The Morgan fingerprint density at radius 1 is 1.44 bits per heavy atom. The smallest absolute Gasteiger partial charge is 0.0865 e. The molecule has 1 N–H and O–H groups in total. The monoisotopic (exact) mass is 268 g/mol. The summed E-state index contributed by atoms with van der Waals surface area (Å²) in [5.41, 5.74) is 2.14. The van der Waals surface area contributed by atoms with Crippen LogP contribution in [0.15, 0.2) is 18.2 Å². The van der Waals surface area contributed by atoms with Crippen molar-refractivity contribution in [2.75, 3.05) is 6.61 Å². The van der Waals surface area contributed by atoms with Gasteiger partial charge in [0, 0.05) is 18.1 Å². The molecular formula is C15H21ClO2. The van der Waals surface area contributed by atoms with E-state index >= 15 is 0 Å². The van der Waals surface area contributed by atoms with Gasteiger partial charge in [-0.05, 0) is 49.8 Å². The van der Waals surface area contributed by atoms with Crippen LogP contribution in [0, 0.1) is 12.8 Å². The van der Waals surface area contributed by atoms with E-state index in [4.69, 9.17) is 16.3 Å². The average molecular weight is 269 g/mol. The summed E-state index contributed by atoms with van der Waals surface area (Å²) in [4.78, 5) is 0. The highest BCUT2D eigenvalue weighted by molar-refractivity contribution is 6.31. The third kappa shape index (κ3) is 3.47. The van der Waals surface area contributed by atoms with Crippen LogP contribution in [0.5, 0.6) is 0 Å². The van der Waals surface area contributed by atoms with Gasteiger partial charge in [-0.2, -0.15) is 0 Å². The van der Waals surface area contributed by atoms with Crippen molar-refractivity contribution in [3.05, 3.63) is 34.3 Å². The van der Waals surface area contributed by atoms with E-state index in [0.29, 0.717) is 18.9 Å². The van der Waals surface area contributed by atoms with E-state index in [9.17, 15) is 5.11 Å². The second kappa shape index (κ2) is 6.05. The second-order valence-corrected chi connectivity index (χ2v) is 5.53. The maximum absolute atomic E-state index is 10.3. The standard InChI is InChI=1S/C15H21ClO2/c1-3-18-15(11-6-7-11)14(17)9-12-5-4-10(2)8-13(12)16/h4-5,8,11,14-15,17H,3,6-7,9H2,1-2H3. The zero-order chi connectivity index (χ0) is 13.1. The molecule has 0 bridgehead atoms. The SMILES string of the molecule is CCOC(C(O)Cc1ccc(C)cc1Cl)C1CC1. The maximum atomic E-state index is 10.3. The minimum atomic E-state index is -0.461. The molecule has 100 valence electrons. The van der Waals surface area contributed by atoms with Crippen LogP contribution in [-0.2, 0) is 11.2 Å². The minimum absolute atomic E-state index is 0.0348. The third-order valence-corrected chi connectivity index (χ3v) is 3.81. The molecule has 18 heavy (non-hydrogen) atoms. The Morgan fingerprint density at radius 3 is 2.72 bits per heavy atom. The van der Waals surface area contributed by atoms with E-state index in [0.717, 1.165) is 16.1 Å². The van der Waals surface area contributed by atoms with Crippen molar-refractivity contribution in [3.8, 4) is 0 Å². The summed E-state index contributed by atoms with van der Waals surface area (Å²) in [5.74, 6) is 0.532. The van der Waals surface area contributed by atoms with Gasteiger partial charge in [0.05, 0.1) is 12.2 Å². The molecule has 3 heteroatoms. The largest absolute Gasteiger partial charge is 0.390 e. The van der Waals surface area contributed by atoms with Crippen molar-refractivity contribution in [2.24, 2.45) is 5.92 Å². The molecule has 0 amide bonds. The second-order valence-electron chi connectivity index (χ2n) is 5.12. The number of halogens is 1. The maximum Gasteiger partial charge on any atom is 0.0865 e. The number of aryl methyl sites for hydroxylation is 1. The molecule has 2 rings (SSSR count). The molecule has 1 fully saturated rings. The van der Waals surface area contributed by atoms with Crippen molar-refractivity contribution in [1.82, 2.24) is 0 Å². The van der Waals surface area contributed by atoms with Gasteiger partial charge in [0.2, 0.25) is 0 Å². The quantitative estimate of drug-likeness (QED) is 0.857. The van der Waals surface area contributed by atoms with E-state index in [1.807, 2.05) is 32.0 Å². The Morgan fingerprint density at radius 2 is 2.17 bits per heavy atom. The first-order valence-electron chi connectivity index (χ1n) is 6.66. The summed E-state index contributed by atoms with van der Waals surface area (Å²) >= 11 is 6.20. The summed E-state index contributed by atoms with van der Waals surface area (Å²) in [6.45, 7) is 4.64. The summed E-state index contributed by atoms with van der Waals surface area (Å²) in [5, 5.41) is 11.1. The zero-order valence-electron chi connectivity index (χ0n) is 11.0. The van der Waals surface area contributed by atoms with Crippen LogP contribution in [0.3, 0.4) is 0 Å². The predicted octanol–water partition coefficient (Wildman–Crippen LogP) is 3.37. The molecule has 0 heterocycles. The number of hydrogen-bond acceptors (Lipinski definition) is 2. The topological polar surface area (TPSA) is 29.5 Å². The molecule has 0 aliphatic heterocycles. The van der Waals surface area contributed by atoms with E-state index in [-0.39, 0.29) is 6.10 Å². The Kier molecular flexibility index (Phi) is 4.66. The lowest BCUT2D eigenvalue weighted by Gasteiger charge is -2.23. The number of benzene rings is 1. The molecule has 0 aromatic heterocycles. The Balaban J connectivity index is 2.02. The lowest BCUT2D eigenvalue weighted by molar-refractivity contribution is -0.0439. The van der Waals surface area contributed by atoms with Gasteiger partial charge in [0.25, 0.3) is 0 Å². The van der Waals surface area contributed by atoms with Crippen LogP contribution in [0.25, 0.3) is 0 Å². The van der Waals surface area contributed by atoms with Crippen LogP contribution < -0.4 is 0 Å². The summed E-state index contributed by atoms with van der Waals surface area (Å²) < 4.78 is 5.67. The van der Waals surface area contributed by atoms with Gasteiger partial charge >= 0.3 is 0 Å². The average Bonchev–Trinajstić information content (AvgIpc) is 3.13. The normalized spacial score (nSPS) is 18.7. The van der Waals surface area contributed by atoms with Crippen LogP contribution in [0.4, 0.5) is 0 Å². The van der Waals surface area contributed by atoms with Crippen molar-refractivity contribution in [1.29, 1.82) is 0 Å². The fraction of sp³-hybridized carbons (Fsp3) is 0.600. The Hall–Kier alpha value is -0.570. The predicted molar refractivity (Wildman–Crippen MR) is 74.0 cm³/mol. The van der Waals surface area contributed by atoms with Crippen LogP contribution in [0.1, 0.15) is 30.9 Å². The number of rotatable bonds is 6. The van der Waals surface area contributed by atoms with Gasteiger partial charge < -0.3 is 9.84 Å². The lowest BCUT2D eigenvalue weighted by atomic mass is 10.00. The first kappa shape index (κ1) is 13.9. The molecule has 1 saturated carbocycles. The van der Waals surface area contributed by atoms with Gasteiger partial charge in [-0.25, -0.2) is 0 Å². The van der Waals surface area contributed by atoms with E-state index in [2.05, 4.69) is 0 Å². The van der Waals surface area contributed by atoms with Crippen molar-refractivity contribution in [2.45, 2.75) is 45.3 Å². The lowest BCUT2D eigenvalue weighted by Crippen LogP contribution is -2.33. The fourth-order valence-electron chi connectivity index (χ4n) is 2.34. The molecule has 1 aliphatic rings. The molecule has 1 aromatic rings. The molecule has 2 unspecified atom stereocenters. The van der Waals surface area contributed by atoms with Gasteiger partial charge in [-0.15, -0.1) is 0 Å². The minimum Gasteiger partial charge on any atom is -0.390 e. The summed E-state index contributed by atoms with van der Waals surface area (Å²) in [7, 11) is 0. The molecule has 1 aromatic carbocycles. The van der Waals surface area contributed by atoms with Gasteiger partial charge in [0.15, 0.2) is 0 Å². The highest BCUT2D eigenvalue weighted by Gasteiger charge is 2.36. The fourth-order valence-corrected chi connectivity index (χ4v) is 2.65. The van der Waals surface area contributed by atoms with Crippen molar-refractivity contribution < 1.29 is 9.84 Å². The summed E-state index contributed by atoms with van der Waals surface area (Å²) in [6, 6.07) is 5.97. The molecule has 2 atom stereocenters. The van der Waals surface area contributed by atoms with E-state index in [1.54, 1.807) is 0 Å². The molecule has 0 radical (unpaired) electrons. The van der Waals surface area contributed by atoms with Gasteiger partial charge in [0.1, 0.15) is 0 Å². The Bertz CT molecular complexity index is 401. The highest BCUT2D eigenvalue weighted by Crippen LogP contribution is 2.36. The van der Waals surface area contributed by atoms with E-state index < -0.39 is 6.10 Å². The first-order chi connectivity index (χ1) is 8.61. The number of aliphatic hydroxyl groups excluding tert-OH is 1. The highest BCUT2D eigenvalue weighted by atomic mass is 35.5. The molecule has 1 aliphatic carbocycles. The Labute approximate surface area is 114 Å². The van der Waals surface area contributed by atoms with Crippen LogP contribution in [-0.4, -0.2) is 23.9 Å². The molecule has 2 nitrogen and oxygen atoms in total. The first-order valence-corrected chi connectivity index (χ1v) is 7.04. The van der Waals surface area contributed by atoms with Crippen LogP contribution in [0.2, 0.25) is 5.02 Å². The number of aliphatic hydroxyl groups is 1. The van der Waals surface area contributed by atoms with E-state index in [1.165, 1.54) is 12.8 Å². The summed E-state index contributed by atoms with van der Waals surface area (Å²) in [6.07, 6.45) is 2.41. The molecular weight excluding hydrogens is 248 g/mol. The number of hydrogen-bond donors (Lipinski definition) is 1. The number of ether oxygens (including phenoxy) is 1. The van der Waals surface area contributed by atoms with Crippen molar-refractivity contribution >= 4 is 11.6 Å². The zero-order valence-corrected chi connectivity index (χ0v) is 11.8. The van der Waals surface area contributed by atoms with Gasteiger partial charge in [-0.1, -0.05) is 23.7 Å².